The molecular weight excluding hydrogens is 102 g/mol. The molecule has 0 amide bonds. The topological polar surface area (TPSA) is 44.5 Å². The van der Waals surface area contributed by atoms with Gasteiger partial charge in [0.2, 0.25) is 0 Å². The van der Waals surface area contributed by atoms with E-state index in [1.807, 2.05) is 0 Å². The number of aromatic nitrogens is 3. The van der Waals surface area contributed by atoms with E-state index in [2.05, 4.69) is 22.3 Å². The Bertz CT molecular complexity index is 122. The number of nitrogens with one attached hydrogen (secondary N) is 2. The molecule has 1 rings (SSSR count). The third-order valence-electron chi connectivity index (χ3n) is 1.16. The van der Waals surface area contributed by atoms with Gasteiger partial charge in [-0.25, -0.2) is 5.21 Å². The lowest BCUT2D eigenvalue weighted by Gasteiger charge is -1.99. The summed E-state index contributed by atoms with van der Waals surface area (Å²) in [5, 5.41) is 9.35. The van der Waals surface area contributed by atoms with Gasteiger partial charge in [-0.3, -0.25) is 5.10 Å². The van der Waals surface area contributed by atoms with Crippen LogP contribution in [0.15, 0.2) is 0 Å². The summed E-state index contributed by atoms with van der Waals surface area (Å²) in [6.45, 7) is 2.17. The van der Waals surface area contributed by atoms with Gasteiger partial charge >= 0.3 is 0 Å². The van der Waals surface area contributed by atoms with Gasteiger partial charge in [-0.15, -0.1) is 5.10 Å². The summed E-state index contributed by atoms with van der Waals surface area (Å²) in [5.74, 6) is 1.09. The Labute approximate surface area is 48.5 Å². The molecule has 1 aromatic rings. The number of hydrogen-bond donors (Lipinski definition) is 2. The Morgan fingerprint density at radius 1 is 1.62 bits per heavy atom. The first-order chi connectivity index (χ1) is 3.93. The molecule has 0 spiro atoms. The monoisotopic (exact) mass is 113 g/mol. The van der Waals surface area contributed by atoms with Gasteiger partial charge < -0.3 is 0 Å². The molecule has 0 atom stereocenters. The Kier molecular flexibility index (Phi) is 1.72. The summed E-state index contributed by atoms with van der Waals surface area (Å²) in [7, 11) is 0. The predicted molar refractivity (Wildman–Crippen MR) is 31.6 cm³/mol. The SMILES string of the molecule is CCCCc1n[nH][nH]1. The molecule has 0 saturated carbocycles. The van der Waals surface area contributed by atoms with E-state index in [1.165, 1.54) is 12.8 Å². The van der Waals surface area contributed by atoms with Crippen LogP contribution in [-0.2, 0) is 6.42 Å². The van der Waals surface area contributed by atoms with Crippen molar-refractivity contribution in [2.45, 2.75) is 26.2 Å². The second-order valence-electron chi connectivity index (χ2n) is 1.90. The molecule has 0 radical (unpaired) electrons. The van der Waals surface area contributed by atoms with Crippen LogP contribution in [0, 0.1) is 0 Å². The molecule has 0 fully saturated rings. The highest BCUT2D eigenvalue weighted by atomic mass is 15.4. The van der Waals surface area contributed by atoms with Gasteiger partial charge in [0.25, 0.3) is 0 Å². The molecule has 1 heterocycles. The highest BCUT2D eigenvalue weighted by molar-refractivity contribution is 4.76. The molecular formula is C5H11N3. The van der Waals surface area contributed by atoms with Crippen LogP contribution in [0.5, 0.6) is 0 Å². The highest BCUT2D eigenvalue weighted by Crippen LogP contribution is 1.95. The van der Waals surface area contributed by atoms with Crippen molar-refractivity contribution in [2.75, 3.05) is 0 Å². The molecule has 1 aromatic heterocycles. The van der Waals surface area contributed by atoms with Gasteiger partial charge in [0.05, 0.1) is 0 Å². The summed E-state index contributed by atoms with van der Waals surface area (Å²) in [6.07, 6.45) is 3.55. The van der Waals surface area contributed by atoms with Gasteiger partial charge in [-0.1, -0.05) is 13.3 Å². The van der Waals surface area contributed by atoms with Gasteiger partial charge in [-0.05, 0) is 6.42 Å². The molecule has 2 N–H and O–H groups in total. The van der Waals surface area contributed by atoms with E-state index in [4.69, 9.17) is 0 Å². The maximum atomic E-state index is 3.86. The molecule has 3 nitrogen and oxygen atoms in total. The van der Waals surface area contributed by atoms with Crippen LogP contribution in [0.1, 0.15) is 25.6 Å². The van der Waals surface area contributed by atoms with Crippen LogP contribution < -0.4 is 0 Å². The first kappa shape index (κ1) is 5.41. The summed E-state index contributed by atoms with van der Waals surface area (Å²) < 4.78 is 0. The number of aryl methyl sites for hydroxylation is 1. The lowest BCUT2D eigenvalue weighted by Crippen LogP contribution is -2.03. The molecule has 3 heteroatoms. The summed E-state index contributed by atoms with van der Waals surface area (Å²) in [5.41, 5.74) is 0. The lowest BCUT2D eigenvalue weighted by atomic mass is 10.2. The second kappa shape index (κ2) is 2.55. The normalized spacial score (nSPS) is 10.1. The molecule has 0 aliphatic carbocycles. The number of hydrogen-bond acceptors (Lipinski definition) is 1. The van der Waals surface area contributed by atoms with E-state index >= 15 is 0 Å². The van der Waals surface area contributed by atoms with Crippen LogP contribution >= 0.6 is 0 Å². The van der Waals surface area contributed by atoms with Gasteiger partial charge in [-0.2, -0.15) is 0 Å². The molecule has 8 heavy (non-hydrogen) atoms. The Balaban J connectivity index is 2.09. The van der Waals surface area contributed by atoms with Crippen molar-refractivity contribution in [3.05, 3.63) is 5.82 Å². The first-order valence-corrected chi connectivity index (χ1v) is 3.01. The van der Waals surface area contributed by atoms with Gasteiger partial charge in [0, 0.05) is 6.42 Å². The zero-order chi connectivity index (χ0) is 5.82. The fourth-order valence-electron chi connectivity index (χ4n) is 0.598. The quantitative estimate of drug-likeness (QED) is 0.605. The van der Waals surface area contributed by atoms with E-state index in [9.17, 15) is 0 Å². The number of aromatic amines is 2. The van der Waals surface area contributed by atoms with Gasteiger partial charge in [0.15, 0.2) is 0 Å². The van der Waals surface area contributed by atoms with Crippen LogP contribution in [0.2, 0.25) is 0 Å². The minimum absolute atomic E-state index is 1.09. The van der Waals surface area contributed by atoms with E-state index in [0.717, 1.165) is 12.2 Å². The number of rotatable bonds is 3. The molecule has 0 aromatic carbocycles. The standard InChI is InChI=1S/C5H11N3/c1-2-3-4-5-6-8-7-5/h8H,2-4H2,1H3,(H,6,7). The average molecular weight is 113 g/mol. The lowest BCUT2D eigenvalue weighted by molar-refractivity contribution is 0.632. The molecule has 46 valence electrons. The smallest absolute Gasteiger partial charge is 0.143 e. The molecule has 0 aliphatic heterocycles. The minimum Gasteiger partial charge on any atom is -0.270 e. The molecule has 0 unspecified atom stereocenters. The Hall–Kier alpha value is -0.730. The maximum absolute atomic E-state index is 3.86. The van der Waals surface area contributed by atoms with Crippen molar-refractivity contribution in [3.8, 4) is 0 Å². The van der Waals surface area contributed by atoms with Crippen molar-refractivity contribution < 1.29 is 0 Å². The molecule has 0 bridgehead atoms. The summed E-state index contributed by atoms with van der Waals surface area (Å²) >= 11 is 0. The predicted octanol–water partition coefficient (Wildman–Crippen LogP) is 1.08. The second-order valence-corrected chi connectivity index (χ2v) is 1.90. The third kappa shape index (κ3) is 1.12. The van der Waals surface area contributed by atoms with Crippen molar-refractivity contribution >= 4 is 0 Å². The van der Waals surface area contributed by atoms with E-state index in [1.54, 1.807) is 0 Å². The van der Waals surface area contributed by atoms with Crippen LogP contribution in [0.25, 0.3) is 0 Å². The maximum Gasteiger partial charge on any atom is 0.143 e. The largest absolute Gasteiger partial charge is 0.270 e. The number of H-pyrrole nitrogens is 2. The highest BCUT2D eigenvalue weighted by Gasteiger charge is 1.92. The average Bonchev–Trinajstić information content (AvgIpc) is 1.63. The van der Waals surface area contributed by atoms with Crippen molar-refractivity contribution in [1.82, 2.24) is 15.4 Å². The molecule has 0 saturated heterocycles. The number of unbranched alkanes of at least 4 members (excludes halogenated alkanes) is 1. The van der Waals surface area contributed by atoms with Gasteiger partial charge in [0.1, 0.15) is 5.82 Å². The van der Waals surface area contributed by atoms with Crippen LogP contribution in [0.3, 0.4) is 0 Å². The Morgan fingerprint density at radius 2 is 2.38 bits per heavy atom. The minimum atomic E-state index is 1.09. The third-order valence-corrected chi connectivity index (χ3v) is 1.16. The van der Waals surface area contributed by atoms with E-state index in [-0.39, 0.29) is 0 Å². The summed E-state index contributed by atoms with van der Waals surface area (Å²) in [6, 6.07) is 0. The fraction of sp³-hybridized carbons (Fsp3) is 0.800. The van der Waals surface area contributed by atoms with Crippen molar-refractivity contribution in [1.29, 1.82) is 0 Å². The molecule has 0 aliphatic rings. The van der Waals surface area contributed by atoms with Crippen LogP contribution in [0.4, 0.5) is 0 Å². The fourth-order valence-corrected chi connectivity index (χ4v) is 0.598. The van der Waals surface area contributed by atoms with Crippen LogP contribution in [-0.4, -0.2) is 15.4 Å². The summed E-state index contributed by atoms with van der Waals surface area (Å²) in [4.78, 5) is 0. The zero-order valence-electron chi connectivity index (χ0n) is 5.07. The van der Waals surface area contributed by atoms with Crippen molar-refractivity contribution in [3.63, 3.8) is 0 Å². The number of nitrogens with zero attached hydrogens (tertiary/aromatic N) is 1. The first-order valence-electron chi connectivity index (χ1n) is 3.01. The van der Waals surface area contributed by atoms with E-state index < -0.39 is 0 Å². The Morgan fingerprint density at radius 3 is 2.75 bits per heavy atom. The van der Waals surface area contributed by atoms with Crippen molar-refractivity contribution in [2.24, 2.45) is 0 Å². The van der Waals surface area contributed by atoms with E-state index in [0.29, 0.717) is 0 Å². The zero-order valence-corrected chi connectivity index (χ0v) is 5.07.